The molecule has 1 N–H and O–H groups in total. The van der Waals surface area contributed by atoms with Crippen molar-refractivity contribution in [2.75, 3.05) is 25.7 Å². The molecule has 6 heteroatoms. The van der Waals surface area contributed by atoms with Crippen molar-refractivity contribution >= 4 is 9.84 Å². The van der Waals surface area contributed by atoms with E-state index in [1.807, 2.05) is 25.1 Å². The summed E-state index contributed by atoms with van der Waals surface area (Å²) in [6.07, 6.45) is 0.640. The molecule has 0 spiro atoms. The molecule has 0 aliphatic carbocycles. The van der Waals surface area contributed by atoms with Gasteiger partial charge in [0, 0.05) is 17.6 Å². The first-order valence-electron chi connectivity index (χ1n) is 6.54. The van der Waals surface area contributed by atoms with Crippen molar-refractivity contribution in [3.05, 3.63) is 23.8 Å². The summed E-state index contributed by atoms with van der Waals surface area (Å²) < 4.78 is 33.8. The van der Waals surface area contributed by atoms with E-state index in [4.69, 9.17) is 9.47 Å². The van der Waals surface area contributed by atoms with Crippen molar-refractivity contribution in [1.29, 1.82) is 0 Å². The van der Waals surface area contributed by atoms with Crippen molar-refractivity contribution in [3.8, 4) is 11.5 Å². The number of hydrogen-bond acceptors (Lipinski definition) is 5. The summed E-state index contributed by atoms with van der Waals surface area (Å²) in [6.45, 7) is 2.50. The van der Waals surface area contributed by atoms with Crippen LogP contribution < -0.4 is 14.8 Å². The first kappa shape index (κ1) is 15.1. The van der Waals surface area contributed by atoms with Gasteiger partial charge >= 0.3 is 0 Å². The number of para-hydroxylation sites is 1. The van der Waals surface area contributed by atoms with Crippen LogP contribution in [0.1, 0.15) is 18.9 Å². The van der Waals surface area contributed by atoms with E-state index in [1.54, 1.807) is 14.2 Å². The zero-order valence-electron chi connectivity index (χ0n) is 12.1. The topological polar surface area (TPSA) is 64.6 Å². The van der Waals surface area contributed by atoms with Crippen LogP contribution in [-0.2, 0) is 16.4 Å². The monoisotopic (exact) mass is 299 g/mol. The second-order valence-corrected chi connectivity index (χ2v) is 7.59. The maximum Gasteiger partial charge on any atom is 0.165 e. The molecule has 0 saturated carbocycles. The van der Waals surface area contributed by atoms with Gasteiger partial charge in [-0.05, 0) is 19.4 Å². The van der Waals surface area contributed by atoms with Crippen LogP contribution in [0.25, 0.3) is 0 Å². The van der Waals surface area contributed by atoms with Crippen molar-refractivity contribution in [2.24, 2.45) is 0 Å². The molecule has 0 aromatic heterocycles. The molecule has 1 saturated heterocycles. The molecule has 0 radical (unpaired) electrons. The summed E-state index contributed by atoms with van der Waals surface area (Å²) in [5.74, 6) is 1.81. The molecule has 0 amide bonds. The van der Waals surface area contributed by atoms with Gasteiger partial charge in [-0.3, -0.25) is 0 Å². The fourth-order valence-electron chi connectivity index (χ4n) is 2.55. The van der Waals surface area contributed by atoms with E-state index >= 15 is 0 Å². The Morgan fingerprint density at radius 1 is 1.30 bits per heavy atom. The molecule has 1 aromatic rings. The van der Waals surface area contributed by atoms with Gasteiger partial charge in [0.15, 0.2) is 21.3 Å². The molecule has 1 aliphatic rings. The molecule has 20 heavy (non-hydrogen) atoms. The Morgan fingerprint density at radius 3 is 2.60 bits per heavy atom. The van der Waals surface area contributed by atoms with Gasteiger partial charge in [-0.2, -0.15) is 0 Å². The van der Waals surface area contributed by atoms with Crippen LogP contribution in [0.15, 0.2) is 18.2 Å². The van der Waals surface area contributed by atoms with E-state index in [0.29, 0.717) is 24.5 Å². The van der Waals surface area contributed by atoms with Gasteiger partial charge in [-0.15, -0.1) is 0 Å². The summed E-state index contributed by atoms with van der Waals surface area (Å²) in [5.41, 5.74) is 0.588. The van der Waals surface area contributed by atoms with E-state index < -0.39 is 9.84 Å². The molecular weight excluding hydrogens is 278 g/mol. The van der Waals surface area contributed by atoms with Crippen LogP contribution in [0.3, 0.4) is 0 Å². The van der Waals surface area contributed by atoms with E-state index in [0.717, 1.165) is 5.56 Å². The fourth-order valence-corrected chi connectivity index (χ4v) is 4.67. The quantitative estimate of drug-likeness (QED) is 0.889. The Kier molecular flexibility index (Phi) is 4.25. The molecule has 112 valence electrons. The summed E-state index contributed by atoms with van der Waals surface area (Å²) >= 11 is 0. The van der Waals surface area contributed by atoms with Crippen molar-refractivity contribution in [3.63, 3.8) is 0 Å². The Morgan fingerprint density at radius 2 is 2.05 bits per heavy atom. The first-order chi connectivity index (χ1) is 9.39. The third-order valence-electron chi connectivity index (χ3n) is 3.69. The highest BCUT2D eigenvalue weighted by Gasteiger charge is 2.37. The Balaban J connectivity index is 2.12. The van der Waals surface area contributed by atoms with Gasteiger partial charge in [-0.25, -0.2) is 8.42 Å². The zero-order valence-corrected chi connectivity index (χ0v) is 12.9. The Bertz CT molecular complexity index is 585. The first-order valence-corrected chi connectivity index (χ1v) is 8.37. The number of nitrogens with one attached hydrogen (secondary N) is 1. The zero-order chi connectivity index (χ0) is 14.8. The molecule has 5 nitrogen and oxygen atoms in total. The van der Waals surface area contributed by atoms with E-state index in [2.05, 4.69) is 5.32 Å². The standard InChI is InChI=1S/C14H21NO4S/c1-14(7-8-20(16,17)10-14)15-9-11-5-4-6-12(18-2)13(11)19-3/h4-6,15H,7-10H2,1-3H3. The van der Waals surface area contributed by atoms with Gasteiger partial charge in [0.1, 0.15) is 0 Å². The SMILES string of the molecule is COc1cccc(CNC2(C)CCS(=O)(=O)C2)c1OC. The van der Waals surface area contributed by atoms with Gasteiger partial charge in [0.2, 0.25) is 0 Å². The van der Waals surface area contributed by atoms with Crippen molar-refractivity contribution in [2.45, 2.75) is 25.4 Å². The smallest absolute Gasteiger partial charge is 0.165 e. The molecular formula is C14H21NO4S. The van der Waals surface area contributed by atoms with Crippen LogP contribution in [0.2, 0.25) is 0 Å². The fraction of sp³-hybridized carbons (Fsp3) is 0.571. The van der Waals surface area contributed by atoms with Crippen LogP contribution in [0.5, 0.6) is 11.5 Å². The third kappa shape index (κ3) is 3.24. The van der Waals surface area contributed by atoms with Crippen LogP contribution in [-0.4, -0.2) is 39.7 Å². The second kappa shape index (κ2) is 5.61. The number of hydrogen-bond donors (Lipinski definition) is 1. The average Bonchev–Trinajstić information content (AvgIpc) is 2.70. The minimum atomic E-state index is -2.91. The molecule has 1 heterocycles. The molecule has 1 atom stereocenters. The van der Waals surface area contributed by atoms with Gasteiger partial charge in [-0.1, -0.05) is 12.1 Å². The summed E-state index contributed by atoms with van der Waals surface area (Å²) in [5, 5.41) is 3.34. The number of sulfone groups is 1. The minimum absolute atomic E-state index is 0.187. The number of methoxy groups -OCH3 is 2. The lowest BCUT2D eigenvalue weighted by Gasteiger charge is -2.24. The average molecular weight is 299 g/mol. The summed E-state index contributed by atoms with van der Waals surface area (Å²) in [4.78, 5) is 0. The largest absolute Gasteiger partial charge is 0.493 e. The van der Waals surface area contributed by atoms with Crippen LogP contribution >= 0.6 is 0 Å². The summed E-state index contributed by atoms with van der Waals surface area (Å²) in [7, 11) is 0.292. The van der Waals surface area contributed by atoms with Gasteiger partial charge in [0.25, 0.3) is 0 Å². The lowest BCUT2D eigenvalue weighted by Crippen LogP contribution is -2.42. The lowest BCUT2D eigenvalue weighted by atomic mass is 10.0. The van der Waals surface area contributed by atoms with E-state index in [9.17, 15) is 8.42 Å². The second-order valence-electron chi connectivity index (χ2n) is 5.41. The lowest BCUT2D eigenvalue weighted by molar-refractivity contribution is 0.344. The Hall–Kier alpha value is -1.27. The molecule has 1 fully saturated rings. The number of ether oxygens (including phenoxy) is 2. The molecule has 1 unspecified atom stereocenters. The number of rotatable bonds is 5. The van der Waals surface area contributed by atoms with Crippen molar-refractivity contribution < 1.29 is 17.9 Å². The van der Waals surface area contributed by atoms with E-state index in [1.165, 1.54) is 0 Å². The maximum atomic E-state index is 11.6. The highest BCUT2D eigenvalue weighted by atomic mass is 32.2. The molecule has 0 bridgehead atoms. The predicted molar refractivity (Wildman–Crippen MR) is 78.1 cm³/mol. The molecule has 2 rings (SSSR count). The summed E-state index contributed by atoms with van der Waals surface area (Å²) in [6, 6.07) is 5.68. The van der Waals surface area contributed by atoms with E-state index in [-0.39, 0.29) is 17.0 Å². The van der Waals surface area contributed by atoms with Gasteiger partial charge in [0.05, 0.1) is 25.7 Å². The number of benzene rings is 1. The minimum Gasteiger partial charge on any atom is -0.493 e. The predicted octanol–water partition coefficient (Wildman–Crippen LogP) is 1.37. The normalized spacial score (nSPS) is 24.6. The molecule has 1 aromatic carbocycles. The highest BCUT2D eigenvalue weighted by Crippen LogP contribution is 2.31. The third-order valence-corrected chi connectivity index (χ3v) is 5.60. The molecule has 1 aliphatic heterocycles. The Labute approximate surface area is 120 Å². The highest BCUT2D eigenvalue weighted by molar-refractivity contribution is 7.91. The van der Waals surface area contributed by atoms with Crippen LogP contribution in [0.4, 0.5) is 0 Å². The van der Waals surface area contributed by atoms with Crippen LogP contribution in [0, 0.1) is 0 Å². The maximum absolute atomic E-state index is 11.6. The van der Waals surface area contributed by atoms with Crippen molar-refractivity contribution in [1.82, 2.24) is 5.32 Å². The van der Waals surface area contributed by atoms with Gasteiger partial charge < -0.3 is 14.8 Å².